The number of likely N-dealkylation sites (N-methyl/N-ethyl adjacent to an activating group) is 1. The minimum absolute atomic E-state index is 0.0532. The number of hydrogen-bond acceptors (Lipinski definition) is 2. The van der Waals surface area contributed by atoms with Gasteiger partial charge >= 0.3 is 0 Å². The zero-order valence-corrected chi connectivity index (χ0v) is 10.0. The molecule has 1 N–H and O–H groups in total. The van der Waals surface area contributed by atoms with Crippen LogP contribution in [0.25, 0.3) is 0 Å². The number of nitrogens with zero attached hydrogens (tertiary/aromatic N) is 1. The molecular weight excluding hydrogens is 208 g/mol. The van der Waals surface area contributed by atoms with Crippen LogP contribution < -0.4 is 5.32 Å². The molecule has 0 radical (unpaired) electrons. The standard InChI is InChI=1S/C12H17ClN2/c1-12(9-15(2)8-7-14-12)10-3-5-11(13)6-4-10/h3-6,14H,7-9H2,1-2H3. The number of piperazine rings is 1. The van der Waals surface area contributed by atoms with Gasteiger partial charge < -0.3 is 10.2 Å². The fourth-order valence-corrected chi connectivity index (χ4v) is 2.33. The second kappa shape index (κ2) is 4.12. The molecule has 1 aliphatic rings. The summed E-state index contributed by atoms with van der Waals surface area (Å²) in [4.78, 5) is 2.35. The largest absolute Gasteiger partial charge is 0.305 e. The Morgan fingerprint density at radius 2 is 2.00 bits per heavy atom. The lowest BCUT2D eigenvalue weighted by Gasteiger charge is -2.40. The van der Waals surface area contributed by atoms with E-state index < -0.39 is 0 Å². The number of hydrogen-bond donors (Lipinski definition) is 1. The summed E-state index contributed by atoms with van der Waals surface area (Å²) >= 11 is 5.89. The third kappa shape index (κ3) is 2.33. The third-order valence-electron chi connectivity index (χ3n) is 3.08. The van der Waals surface area contributed by atoms with Crippen LogP contribution in [0.4, 0.5) is 0 Å². The SMILES string of the molecule is CN1CCNC(C)(c2ccc(Cl)cc2)C1. The Labute approximate surface area is 96.2 Å². The van der Waals surface area contributed by atoms with Crippen molar-refractivity contribution in [1.82, 2.24) is 10.2 Å². The highest BCUT2D eigenvalue weighted by Gasteiger charge is 2.30. The van der Waals surface area contributed by atoms with Gasteiger partial charge in [0.15, 0.2) is 0 Å². The smallest absolute Gasteiger partial charge is 0.0535 e. The van der Waals surface area contributed by atoms with E-state index in [2.05, 4.69) is 36.3 Å². The van der Waals surface area contributed by atoms with Crippen LogP contribution in [0, 0.1) is 0 Å². The topological polar surface area (TPSA) is 15.3 Å². The van der Waals surface area contributed by atoms with Crippen molar-refractivity contribution in [3.63, 3.8) is 0 Å². The number of nitrogens with one attached hydrogen (secondary N) is 1. The fourth-order valence-electron chi connectivity index (χ4n) is 2.21. The molecule has 1 aromatic rings. The van der Waals surface area contributed by atoms with Crippen LogP contribution >= 0.6 is 11.6 Å². The molecule has 3 heteroatoms. The molecule has 0 bridgehead atoms. The van der Waals surface area contributed by atoms with Gasteiger partial charge in [-0.1, -0.05) is 23.7 Å². The molecular formula is C12H17ClN2. The van der Waals surface area contributed by atoms with Crippen LogP contribution in [0.3, 0.4) is 0 Å². The summed E-state index contributed by atoms with van der Waals surface area (Å²) in [5.41, 5.74) is 1.36. The molecule has 1 aromatic carbocycles. The van der Waals surface area contributed by atoms with E-state index in [-0.39, 0.29) is 5.54 Å². The van der Waals surface area contributed by atoms with Crippen LogP contribution in [0.1, 0.15) is 12.5 Å². The normalized spacial score (nSPS) is 27.9. The van der Waals surface area contributed by atoms with Gasteiger partial charge in [-0.3, -0.25) is 0 Å². The van der Waals surface area contributed by atoms with Crippen molar-refractivity contribution in [1.29, 1.82) is 0 Å². The minimum Gasteiger partial charge on any atom is -0.305 e. The highest BCUT2D eigenvalue weighted by Crippen LogP contribution is 2.25. The summed E-state index contributed by atoms with van der Waals surface area (Å²) in [6.45, 7) is 5.43. The average molecular weight is 225 g/mol. The van der Waals surface area contributed by atoms with Crippen LogP contribution in [0.5, 0.6) is 0 Å². The Bertz CT molecular complexity index is 336. The quantitative estimate of drug-likeness (QED) is 0.786. The lowest BCUT2D eigenvalue weighted by atomic mass is 9.90. The lowest BCUT2D eigenvalue weighted by Crippen LogP contribution is -2.55. The highest BCUT2D eigenvalue weighted by molar-refractivity contribution is 6.30. The molecule has 1 fully saturated rings. The maximum Gasteiger partial charge on any atom is 0.0535 e. The lowest BCUT2D eigenvalue weighted by molar-refractivity contribution is 0.171. The van der Waals surface area contributed by atoms with Crippen molar-refractivity contribution < 1.29 is 0 Å². The van der Waals surface area contributed by atoms with Crippen LogP contribution in [-0.2, 0) is 5.54 Å². The fraction of sp³-hybridized carbons (Fsp3) is 0.500. The summed E-state index contributed by atoms with van der Waals surface area (Å²) in [6.07, 6.45) is 0. The Morgan fingerprint density at radius 3 is 2.60 bits per heavy atom. The Morgan fingerprint density at radius 1 is 1.33 bits per heavy atom. The van der Waals surface area contributed by atoms with Gasteiger partial charge in [-0.25, -0.2) is 0 Å². The van der Waals surface area contributed by atoms with E-state index in [0.717, 1.165) is 24.7 Å². The molecule has 1 atom stereocenters. The van der Waals surface area contributed by atoms with Crippen molar-refractivity contribution in [2.24, 2.45) is 0 Å². The van der Waals surface area contributed by atoms with Crippen molar-refractivity contribution >= 4 is 11.6 Å². The van der Waals surface area contributed by atoms with Crippen LogP contribution in [0.2, 0.25) is 5.02 Å². The molecule has 1 aliphatic heterocycles. The molecule has 0 spiro atoms. The average Bonchev–Trinajstić information content (AvgIpc) is 2.18. The molecule has 2 nitrogen and oxygen atoms in total. The first kappa shape index (κ1) is 10.9. The first-order valence-electron chi connectivity index (χ1n) is 5.30. The predicted molar refractivity (Wildman–Crippen MR) is 64.3 cm³/mol. The third-order valence-corrected chi connectivity index (χ3v) is 3.33. The van der Waals surface area contributed by atoms with E-state index in [0.29, 0.717) is 0 Å². The molecule has 0 aromatic heterocycles. The number of halogens is 1. The van der Waals surface area contributed by atoms with E-state index in [9.17, 15) is 0 Å². The molecule has 1 saturated heterocycles. The summed E-state index contributed by atoms with van der Waals surface area (Å²) < 4.78 is 0. The van der Waals surface area contributed by atoms with Crippen LogP contribution in [0.15, 0.2) is 24.3 Å². The van der Waals surface area contributed by atoms with Crippen molar-refractivity contribution in [2.75, 3.05) is 26.7 Å². The van der Waals surface area contributed by atoms with Crippen LogP contribution in [-0.4, -0.2) is 31.6 Å². The predicted octanol–water partition coefficient (Wildman–Crippen LogP) is 2.09. The van der Waals surface area contributed by atoms with Gasteiger partial charge in [-0.05, 0) is 31.7 Å². The van der Waals surface area contributed by atoms with E-state index >= 15 is 0 Å². The Kier molecular flexibility index (Phi) is 3.01. The first-order chi connectivity index (χ1) is 7.10. The molecule has 2 rings (SSSR count). The summed E-state index contributed by atoms with van der Waals surface area (Å²) in [5.74, 6) is 0. The van der Waals surface area contributed by atoms with Crippen molar-refractivity contribution in [3.05, 3.63) is 34.9 Å². The zero-order chi connectivity index (χ0) is 10.9. The van der Waals surface area contributed by atoms with Gasteiger partial charge in [0.05, 0.1) is 5.54 Å². The molecule has 82 valence electrons. The molecule has 1 unspecified atom stereocenters. The molecule has 1 heterocycles. The molecule has 0 aliphatic carbocycles. The van der Waals surface area contributed by atoms with E-state index in [1.165, 1.54) is 5.56 Å². The van der Waals surface area contributed by atoms with Gasteiger partial charge in [-0.15, -0.1) is 0 Å². The highest BCUT2D eigenvalue weighted by atomic mass is 35.5. The Balaban J connectivity index is 2.24. The summed E-state index contributed by atoms with van der Waals surface area (Å²) in [6, 6.07) is 8.12. The van der Waals surface area contributed by atoms with Gasteiger partial charge in [0.1, 0.15) is 0 Å². The summed E-state index contributed by atoms with van der Waals surface area (Å²) in [7, 11) is 2.16. The number of benzene rings is 1. The van der Waals surface area contributed by atoms with Gasteiger partial charge in [0.25, 0.3) is 0 Å². The van der Waals surface area contributed by atoms with Gasteiger partial charge in [-0.2, -0.15) is 0 Å². The molecule has 0 saturated carbocycles. The van der Waals surface area contributed by atoms with Crippen molar-refractivity contribution in [3.8, 4) is 0 Å². The monoisotopic (exact) mass is 224 g/mol. The molecule has 0 amide bonds. The van der Waals surface area contributed by atoms with E-state index in [4.69, 9.17) is 11.6 Å². The van der Waals surface area contributed by atoms with Crippen molar-refractivity contribution in [2.45, 2.75) is 12.5 Å². The number of rotatable bonds is 1. The second-order valence-electron chi connectivity index (χ2n) is 4.50. The van der Waals surface area contributed by atoms with Gasteiger partial charge in [0, 0.05) is 24.7 Å². The van der Waals surface area contributed by atoms with E-state index in [1.54, 1.807) is 0 Å². The zero-order valence-electron chi connectivity index (χ0n) is 9.26. The minimum atomic E-state index is 0.0532. The molecule has 15 heavy (non-hydrogen) atoms. The van der Waals surface area contributed by atoms with Gasteiger partial charge in [0.2, 0.25) is 0 Å². The Hall–Kier alpha value is -0.570. The first-order valence-corrected chi connectivity index (χ1v) is 5.68. The van der Waals surface area contributed by atoms with E-state index in [1.807, 2.05) is 12.1 Å². The maximum atomic E-state index is 5.89. The maximum absolute atomic E-state index is 5.89. The second-order valence-corrected chi connectivity index (χ2v) is 4.94. The summed E-state index contributed by atoms with van der Waals surface area (Å²) in [5, 5.41) is 4.37.